The second-order valence-electron chi connectivity index (χ2n) is 6.11. The summed E-state index contributed by atoms with van der Waals surface area (Å²) in [6.45, 7) is 8.26. The first-order chi connectivity index (χ1) is 11.6. The van der Waals surface area contributed by atoms with Gasteiger partial charge in [-0.2, -0.15) is 5.10 Å². The zero-order chi connectivity index (χ0) is 17.1. The highest BCUT2D eigenvalue weighted by atomic mass is 32.1. The summed E-state index contributed by atoms with van der Waals surface area (Å²) in [6.07, 6.45) is 4.20. The van der Waals surface area contributed by atoms with Gasteiger partial charge in [0.1, 0.15) is 11.6 Å². The number of nitrogens with zero attached hydrogens (tertiary/aromatic N) is 4. The van der Waals surface area contributed by atoms with Gasteiger partial charge in [-0.1, -0.05) is 18.2 Å². The zero-order valence-corrected chi connectivity index (χ0v) is 15.1. The molecule has 0 saturated carbocycles. The van der Waals surface area contributed by atoms with E-state index in [9.17, 15) is 0 Å². The molecule has 0 radical (unpaired) electrons. The summed E-state index contributed by atoms with van der Waals surface area (Å²) in [4.78, 5) is 2.45. The number of aryl methyl sites for hydroxylation is 1. The van der Waals surface area contributed by atoms with Gasteiger partial charge in [-0.3, -0.25) is 4.90 Å². The van der Waals surface area contributed by atoms with Crippen molar-refractivity contribution < 1.29 is 4.74 Å². The number of hydrogen-bond donors (Lipinski definition) is 0. The molecule has 0 unspecified atom stereocenters. The quantitative estimate of drug-likeness (QED) is 0.591. The Morgan fingerprint density at radius 2 is 2.12 bits per heavy atom. The van der Waals surface area contributed by atoms with Gasteiger partial charge in [-0.15, -0.1) is 6.58 Å². The molecule has 1 fully saturated rings. The van der Waals surface area contributed by atoms with E-state index >= 15 is 0 Å². The lowest BCUT2D eigenvalue weighted by Gasteiger charge is -2.24. The molecule has 2 heterocycles. The van der Waals surface area contributed by atoms with E-state index in [1.54, 1.807) is 7.11 Å². The molecule has 1 aromatic carbocycles. The number of rotatable bonds is 6. The summed E-state index contributed by atoms with van der Waals surface area (Å²) in [7, 11) is 1.69. The Hall–Kier alpha value is -1.92. The predicted octanol–water partition coefficient (Wildman–Crippen LogP) is 3.71. The van der Waals surface area contributed by atoms with E-state index in [0.29, 0.717) is 12.6 Å². The molecular formula is C18H24N4OS. The third-order valence-electron chi connectivity index (χ3n) is 4.60. The highest BCUT2D eigenvalue weighted by Crippen LogP contribution is 2.33. The van der Waals surface area contributed by atoms with E-state index in [1.807, 2.05) is 34.4 Å². The van der Waals surface area contributed by atoms with Crippen LogP contribution in [0.1, 0.15) is 30.3 Å². The molecule has 6 heteroatoms. The second kappa shape index (κ2) is 7.32. The van der Waals surface area contributed by atoms with Gasteiger partial charge in [-0.05, 0) is 49.7 Å². The fraction of sp³-hybridized carbons (Fsp3) is 0.444. The lowest BCUT2D eigenvalue weighted by molar-refractivity contribution is 0.189. The average Bonchev–Trinajstić information content (AvgIpc) is 3.16. The maximum absolute atomic E-state index is 5.57. The number of likely N-dealkylation sites (tertiary alicyclic amines) is 1. The van der Waals surface area contributed by atoms with Gasteiger partial charge >= 0.3 is 0 Å². The number of methoxy groups -OCH3 is 1. The highest BCUT2D eigenvalue weighted by Gasteiger charge is 2.26. The molecule has 1 aliphatic heterocycles. The van der Waals surface area contributed by atoms with Crippen molar-refractivity contribution in [1.29, 1.82) is 0 Å². The van der Waals surface area contributed by atoms with Crippen molar-refractivity contribution in [1.82, 2.24) is 19.2 Å². The molecule has 128 valence electrons. The van der Waals surface area contributed by atoms with Crippen LogP contribution in [0, 0.1) is 11.7 Å². The van der Waals surface area contributed by atoms with Gasteiger partial charge in [0.15, 0.2) is 4.77 Å². The Morgan fingerprint density at radius 1 is 1.38 bits per heavy atom. The van der Waals surface area contributed by atoms with Gasteiger partial charge in [0.05, 0.1) is 13.8 Å². The number of hydrogen-bond acceptors (Lipinski definition) is 4. The van der Waals surface area contributed by atoms with Crippen LogP contribution < -0.4 is 4.74 Å². The first-order valence-electron chi connectivity index (χ1n) is 8.27. The molecule has 1 aromatic heterocycles. The van der Waals surface area contributed by atoms with Crippen molar-refractivity contribution in [3.05, 3.63) is 53.1 Å². The number of ether oxygens (including phenoxy) is 1. The minimum Gasteiger partial charge on any atom is -0.497 e. The van der Waals surface area contributed by atoms with Crippen LogP contribution in [0.15, 0.2) is 36.9 Å². The predicted molar refractivity (Wildman–Crippen MR) is 97.7 cm³/mol. The van der Waals surface area contributed by atoms with E-state index in [1.165, 1.54) is 12.0 Å². The Morgan fingerprint density at radius 3 is 2.79 bits per heavy atom. The average molecular weight is 344 g/mol. The van der Waals surface area contributed by atoms with Crippen molar-refractivity contribution in [3.8, 4) is 5.75 Å². The third kappa shape index (κ3) is 3.30. The SMILES string of the molecule is C=CCn1c(C)nn(CN2CCC[C@@H]2c2ccc(OC)cc2)c1=S. The van der Waals surface area contributed by atoms with Crippen molar-refractivity contribution in [2.24, 2.45) is 0 Å². The smallest absolute Gasteiger partial charge is 0.199 e. The van der Waals surface area contributed by atoms with Gasteiger partial charge in [0, 0.05) is 19.1 Å². The van der Waals surface area contributed by atoms with Gasteiger partial charge in [0.25, 0.3) is 0 Å². The Labute approximate surface area is 148 Å². The lowest BCUT2D eigenvalue weighted by Crippen LogP contribution is -2.27. The van der Waals surface area contributed by atoms with Crippen molar-refractivity contribution in [2.45, 2.75) is 39.0 Å². The maximum Gasteiger partial charge on any atom is 0.199 e. The first kappa shape index (κ1) is 16.9. The molecule has 3 rings (SSSR count). The topological polar surface area (TPSA) is 35.2 Å². The Balaban J connectivity index is 1.80. The fourth-order valence-electron chi connectivity index (χ4n) is 3.35. The van der Waals surface area contributed by atoms with E-state index in [4.69, 9.17) is 17.0 Å². The molecule has 0 bridgehead atoms. The Kier molecular flexibility index (Phi) is 5.16. The Bertz CT molecular complexity index is 762. The van der Waals surface area contributed by atoms with Crippen LogP contribution in [0.3, 0.4) is 0 Å². The van der Waals surface area contributed by atoms with Gasteiger partial charge < -0.3 is 9.30 Å². The van der Waals surface area contributed by atoms with Crippen LogP contribution in [0.5, 0.6) is 5.75 Å². The summed E-state index contributed by atoms with van der Waals surface area (Å²) in [5.74, 6) is 1.82. The van der Waals surface area contributed by atoms with E-state index in [0.717, 1.165) is 36.0 Å². The molecule has 0 aliphatic carbocycles. The van der Waals surface area contributed by atoms with E-state index < -0.39 is 0 Å². The summed E-state index contributed by atoms with van der Waals surface area (Å²) in [5, 5.41) is 4.61. The molecule has 0 spiro atoms. The normalized spacial score (nSPS) is 18.0. The van der Waals surface area contributed by atoms with Gasteiger partial charge in [-0.25, -0.2) is 4.68 Å². The van der Waals surface area contributed by atoms with Crippen LogP contribution >= 0.6 is 12.2 Å². The monoisotopic (exact) mass is 344 g/mol. The molecule has 1 aliphatic rings. The van der Waals surface area contributed by atoms with Crippen LogP contribution in [-0.4, -0.2) is 32.9 Å². The summed E-state index contributed by atoms with van der Waals surface area (Å²) >= 11 is 5.57. The minimum absolute atomic E-state index is 0.405. The van der Waals surface area contributed by atoms with Crippen molar-refractivity contribution >= 4 is 12.2 Å². The summed E-state index contributed by atoms with van der Waals surface area (Å²) in [5.41, 5.74) is 1.32. The largest absolute Gasteiger partial charge is 0.497 e. The number of allylic oxidation sites excluding steroid dienone is 1. The molecule has 24 heavy (non-hydrogen) atoms. The van der Waals surface area contributed by atoms with Crippen LogP contribution in [0.4, 0.5) is 0 Å². The molecule has 1 saturated heterocycles. The molecular weight excluding hydrogens is 320 g/mol. The van der Waals surface area contributed by atoms with E-state index in [-0.39, 0.29) is 0 Å². The minimum atomic E-state index is 0.405. The summed E-state index contributed by atoms with van der Waals surface area (Å²) < 4.78 is 9.96. The van der Waals surface area contributed by atoms with Crippen LogP contribution in [0.2, 0.25) is 0 Å². The fourth-order valence-corrected chi connectivity index (χ4v) is 3.66. The standard InChI is InChI=1S/C18H24N4OS/c1-4-11-21-14(2)19-22(18(21)24)13-20-12-5-6-17(20)15-7-9-16(23-3)10-8-15/h4,7-10,17H,1,5-6,11-13H2,2-3H3/t17-/m1/s1. The molecule has 1 atom stereocenters. The van der Waals surface area contributed by atoms with Crippen molar-refractivity contribution in [3.63, 3.8) is 0 Å². The maximum atomic E-state index is 5.57. The van der Waals surface area contributed by atoms with Gasteiger partial charge in [0.2, 0.25) is 0 Å². The first-order valence-corrected chi connectivity index (χ1v) is 8.68. The second-order valence-corrected chi connectivity index (χ2v) is 6.48. The summed E-state index contributed by atoms with van der Waals surface area (Å²) in [6, 6.07) is 8.77. The van der Waals surface area contributed by atoms with Crippen LogP contribution in [0.25, 0.3) is 0 Å². The third-order valence-corrected chi connectivity index (χ3v) is 5.03. The van der Waals surface area contributed by atoms with Crippen molar-refractivity contribution in [2.75, 3.05) is 13.7 Å². The number of aromatic nitrogens is 3. The van der Waals surface area contributed by atoms with E-state index in [2.05, 4.69) is 28.7 Å². The zero-order valence-electron chi connectivity index (χ0n) is 14.3. The molecule has 0 amide bonds. The number of benzene rings is 1. The molecule has 2 aromatic rings. The molecule has 0 N–H and O–H groups in total. The lowest BCUT2D eigenvalue weighted by atomic mass is 10.0. The molecule has 5 nitrogen and oxygen atoms in total. The highest BCUT2D eigenvalue weighted by molar-refractivity contribution is 7.71. The van der Waals surface area contributed by atoms with Crippen LogP contribution in [-0.2, 0) is 13.2 Å².